The molecule has 26 heavy (non-hydrogen) atoms. The van der Waals surface area contributed by atoms with Crippen molar-refractivity contribution in [2.75, 3.05) is 6.26 Å². The van der Waals surface area contributed by atoms with Crippen LogP contribution in [0.2, 0.25) is 0 Å². The molecule has 0 amide bonds. The monoisotopic (exact) mass is 408 g/mol. The molecule has 0 bridgehead atoms. The van der Waals surface area contributed by atoms with Crippen molar-refractivity contribution in [1.82, 2.24) is 4.98 Å². The first-order valence-electron chi connectivity index (χ1n) is 7.53. The fourth-order valence-corrected chi connectivity index (χ4v) is 5.73. The first-order chi connectivity index (χ1) is 12.2. The molecule has 0 unspecified atom stereocenters. The third-order valence-electron chi connectivity index (χ3n) is 3.73. The molecule has 3 rings (SSSR count). The molecule has 0 aliphatic rings. The number of sulfone groups is 2. The van der Waals surface area contributed by atoms with Crippen LogP contribution in [-0.4, -0.2) is 28.1 Å². The molecular formula is C17H16N2O4S3. The van der Waals surface area contributed by atoms with Crippen LogP contribution in [-0.2, 0) is 26.2 Å². The first-order valence-corrected chi connectivity index (χ1v) is 11.7. The van der Waals surface area contributed by atoms with Gasteiger partial charge >= 0.3 is 0 Å². The quantitative estimate of drug-likeness (QED) is 0.695. The van der Waals surface area contributed by atoms with Gasteiger partial charge in [-0.2, -0.15) is 0 Å². The van der Waals surface area contributed by atoms with Crippen molar-refractivity contribution in [3.63, 3.8) is 0 Å². The van der Waals surface area contributed by atoms with Crippen LogP contribution in [0.25, 0.3) is 11.1 Å². The maximum Gasteiger partial charge on any atom is 0.218 e. The van der Waals surface area contributed by atoms with E-state index in [0.717, 1.165) is 17.6 Å². The van der Waals surface area contributed by atoms with E-state index in [9.17, 15) is 16.8 Å². The predicted octanol–water partition coefficient (Wildman–Crippen LogP) is 2.51. The number of hydrogen-bond donors (Lipinski definition) is 1. The lowest BCUT2D eigenvalue weighted by atomic mass is 10.1. The highest BCUT2D eigenvalue weighted by Gasteiger charge is 2.25. The molecule has 1 heterocycles. The number of hydrogen-bond acceptors (Lipinski definition) is 7. The van der Waals surface area contributed by atoms with Crippen molar-refractivity contribution < 1.29 is 16.8 Å². The second-order valence-electron chi connectivity index (χ2n) is 5.58. The van der Waals surface area contributed by atoms with Crippen molar-refractivity contribution in [3.05, 3.63) is 59.7 Å². The molecule has 6 nitrogen and oxygen atoms in total. The van der Waals surface area contributed by atoms with Gasteiger partial charge in [0.1, 0.15) is 9.22 Å². The van der Waals surface area contributed by atoms with Gasteiger partial charge in [0, 0.05) is 18.4 Å². The Labute approximate surface area is 156 Å². The summed E-state index contributed by atoms with van der Waals surface area (Å²) in [6, 6.07) is 12.8. The van der Waals surface area contributed by atoms with Crippen LogP contribution >= 0.6 is 11.3 Å². The molecule has 0 aliphatic heterocycles. The third kappa shape index (κ3) is 3.56. The van der Waals surface area contributed by atoms with Crippen LogP contribution in [0.1, 0.15) is 5.01 Å². The molecule has 2 aromatic carbocycles. The summed E-state index contributed by atoms with van der Waals surface area (Å²) in [6.45, 7) is 0.152. The second kappa shape index (κ2) is 6.92. The lowest BCUT2D eigenvalue weighted by Gasteiger charge is -2.11. The van der Waals surface area contributed by atoms with E-state index in [4.69, 9.17) is 5.73 Å². The topological polar surface area (TPSA) is 107 Å². The highest BCUT2D eigenvalue weighted by molar-refractivity contribution is 7.93. The van der Waals surface area contributed by atoms with E-state index in [1.165, 1.54) is 24.4 Å². The summed E-state index contributed by atoms with van der Waals surface area (Å²) in [6.07, 6.45) is 2.36. The van der Waals surface area contributed by atoms with E-state index >= 15 is 0 Å². The summed E-state index contributed by atoms with van der Waals surface area (Å²) in [7, 11) is -7.34. The number of benzene rings is 2. The third-order valence-corrected chi connectivity index (χ3v) is 8.13. The van der Waals surface area contributed by atoms with Crippen LogP contribution in [0.15, 0.2) is 68.7 Å². The van der Waals surface area contributed by atoms with Crippen molar-refractivity contribution in [2.45, 2.75) is 20.5 Å². The Hall–Kier alpha value is -2.07. The first kappa shape index (κ1) is 18.7. The smallest absolute Gasteiger partial charge is 0.218 e. The van der Waals surface area contributed by atoms with Gasteiger partial charge in [-0.15, -0.1) is 11.3 Å². The zero-order valence-electron chi connectivity index (χ0n) is 13.8. The highest BCUT2D eigenvalue weighted by atomic mass is 32.2. The van der Waals surface area contributed by atoms with Crippen molar-refractivity contribution in [3.8, 4) is 11.1 Å². The van der Waals surface area contributed by atoms with E-state index in [2.05, 4.69) is 4.98 Å². The van der Waals surface area contributed by atoms with E-state index in [1.54, 1.807) is 30.3 Å². The van der Waals surface area contributed by atoms with Crippen molar-refractivity contribution in [1.29, 1.82) is 0 Å². The molecule has 0 spiro atoms. The molecule has 3 aromatic rings. The van der Waals surface area contributed by atoms with Crippen molar-refractivity contribution >= 4 is 31.0 Å². The Morgan fingerprint density at radius 3 is 2.31 bits per heavy atom. The van der Waals surface area contributed by atoms with E-state index < -0.39 is 19.7 Å². The predicted molar refractivity (Wildman–Crippen MR) is 100 cm³/mol. The fourth-order valence-electron chi connectivity index (χ4n) is 2.44. The minimum absolute atomic E-state index is 0.0309. The lowest BCUT2D eigenvalue weighted by Crippen LogP contribution is -2.05. The maximum atomic E-state index is 13.1. The average Bonchev–Trinajstić information content (AvgIpc) is 3.11. The normalized spacial score (nSPS) is 12.2. The SMILES string of the molecule is CS(=O)(=O)c1ccc(S(=O)(=O)c2cnc(CN)s2)c(-c2ccccc2)c1. The molecule has 2 N–H and O–H groups in total. The van der Waals surface area contributed by atoms with Crippen LogP contribution in [0.3, 0.4) is 0 Å². The summed E-state index contributed by atoms with van der Waals surface area (Å²) >= 11 is 1.01. The zero-order chi connectivity index (χ0) is 18.9. The summed E-state index contributed by atoms with van der Waals surface area (Å²) in [5.41, 5.74) is 6.46. The van der Waals surface area contributed by atoms with Gasteiger partial charge in [0.25, 0.3) is 0 Å². The molecule has 0 aliphatic carbocycles. The number of nitrogens with two attached hydrogens (primary N) is 1. The molecule has 0 saturated heterocycles. The number of nitrogens with zero attached hydrogens (tertiary/aromatic N) is 1. The van der Waals surface area contributed by atoms with Crippen LogP contribution < -0.4 is 5.73 Å². The minimum atomic E-state index is -3.86. The molecule has 136 valence electrons. The molecule has 0 atom stereocenters. The Morgan fingerprint density at radius 2 is 1.73 bits per heavy atom. The highest BCUT2D eigenvalue weighted by Crippen LogP contribution is 2.35. The largest absolute Gasteiger partial charge is 0.325 e. The maximum absolute atomic E-state index is 13.1. The van der Waals surface area contributed by atoms with E-state index in [0.29, 0.717) is 16.1 Å². The van der Waals surface area contributed by atoms with E-state index in [1.807, 2.05) is 0 Å². The summed E-state index contributed by atoms with van der Waals surface area (Å²) < 4.78 is 50.1. The van der Waals surface area contributed by atoms with Gasteiger partial charge < -0.3 is 5.73 Å². The number of thiazole rings is 1. The Balaban J connectivity index is 2.27. The Bertz CT molecular complexity index is 1150. The molecule has 0 fully saturated rings. The van der Waals surface area contributed by atoms with Crippen LogP contribution in [0, 0.1) is 0 Å². The summed E-state index contributed by atoms with van der Waals surface area (Å²) in [4.78, 5) is 4.09. The summed E-state index contributed by atoms with van der Waals surface area (Å²) in [5, 5.41) is 0.512. The Kier molecular flexibility index (Phi) is 4.98. The molecular weight excluding hydrogens is 392 g/mol. The van der Waals surface area contributed by atoms with Gasteiger partial charge in [0.2, 0.25) is 9.84 Å². The fraction of sp³-hybridized carbons (Fsp3) is 0.118. The van der Waals surface area contributed by atoms with Gasteiger partial charge in [0.15, 0.2) is 9.84 Å². The van der Waals surface area contributed by atoms with Gasteiger partial charge in [0.05, 0.1) is 16.0 Å². The standard InChI is InChI=1S/C17H16N2O4S3/c1-25(20,21)13-7-8-15(14(9-13)12-5-3-2-4-6-12)26(22,23)17-11-19-16(10-18)24-17/h2-9,11H,10,18H2,1H3. The van der Waals surface area contributed by atoms with Gasteiger partial charge in [-0.25, -0.2) is 21.8 Å². The summed E-state index contributed by atoms with van der Waals surface area (Å²) in [5.74, 6) is 0. The van der Waals surface area contributed by atoms with Crippen molar-refractivity contribution in [2.24, 2.45) is 5.73 Å². The lowest BCUT2D eigenvalue weighted by molar-refractivity contribution is 0.596. The van der Waals surface area contributed by atoms with Gasteiger partial charge in [-0.1, -0.05) is 30.3 Å². The van der Waals surface area contributed by atoms with Gasteiger partial charge in [-0.3, -0.25) is 0 Å². The minimum Gasteiger partial charge on any atom is -0.325 e. The molecule has 9 heteroatoms. The second-order valence-corrected chi connectivity index (χ2v) is 10.9. The van der Waals surface area contributed by atoms with Crippen LogP contribution in [0.4, 0.5) is 0 Å². The molecule has 0 radical (unpaired) electrons. The Morgan fingerprint density at radius 1 is 1.04 bits per heavy atom. The molecule has 1 aromatic heterocycles. The number of aromatic nitrogens is 1. The van der Waals surface area contributed by atoms with Crippen LogP contribution in [0.5, 0.6) is 0 Å². The van der Waals surface area contributed by atoms with E-state index in [-0.39, 0.29) is 20.5 Å². The van der Waals surface area contributed by atoms with Gasteiger partial charge in [-0.05, 0) is 23.8 Å². The average molecular weight is 409 g/mol. The molecule has 0 saturated carbocycles. The number of rotatable bonds is 5. The zero-order valence-corrected chi connectivity index (χ0v) is 16.2.